The van der Waals surface area contributed by atoms with Crippen LogP contribution in [-0.2, 0) is 22.6 Å². The van der Waals surface area contributed by atoms with Gasteiger partial charge < -0.3 is 13.9 Å². The molecule has 3 aromatic rings. The smallest absolute Gasteiger partial charge is 0.344 e. The van der Waals surface area contributed by atoms with Crippen molar-refractivity contribution in [1.82, 2.24) is 0 Å². The van der Waals surface area contributed by atoms with E-state index in [-0.39, 0.29) is 19.0 Å². The summed E-state index contributed by atoms with van der Waals surface area (Å²) in [6.45, 7) is 1.62. The zero-order valence-electron chi connectivity index (χ0n) is 14.2. The summed E-state index contributed by atoms with van der Waals surface area (Å²) in [6, 6.07) is 12.2. The SMILES string of the molecule is CCc1ccc2c(COC(=O)COc3ccc(F)cc3)cc(=O)oc2c1. The fourth-order valence-electron chi connectivity index (χ4n) is 2.49. The maximum atomic E-state index is 12.8. The number of esters is 1. The molecule has 0 N–H and O–H groups in total. The van der Waals surface area contributed by atoms with Gasteiger partial charge in [0.15, 0.2) is 6.61 Å². The molecule has 0 unspecified atom stereocenters. The number of aryl methyl sites for hydroxylation is 1. The zero-order chi connectivity index (χ0) is 18.5. The lowest BCUT2D eigenvalue weighted by atomic mass is 10.1. The van der Waals surface area contributed by atoms with Crippen molar-refractivity contribution >= 4 is 16.9 Å². The molecule has 0 aliphatic rings. The highest BCUT2D eigenvalue weighted by Gasteiger charge is 2.10. The minimum absolute atomic E-state index is 0.0703. The molecule has 0 spiro atoms. The maximum Gasteiger partial charge on any atom is 0.344 e. The first kappa shape index (κ1) is 17.7. The molecule has 6 heteroatoms. The van der Waals surface area contributed by atoms with Crippen LogP contribution in [0.15, 0.2) is 57.7 Å². The zero-order valence-corrected chi connectivity index (χ0v) is 14.2. The van der Waals surface area contributed by atoms with Crippen molar-refractivity contribution in [2.45, 2.75) is 20.0 Å². The average molecular weight is 356 g/mol. The second-order valence-electron chi connectivity index (χ2n) is 5.68. The van der Waals surface area contributed by atoms with Crippen molar-refractivity contribution in [3.8, 4) is 5.75 Å². The second kappa shape index (κ2) is 7.82. The molecule has 0 amide bonds. The van der Waals surface area contributed by atoms with E-state index in [0.29, 0.717) is 22.3 Å². The number of carbonyl (C=O) groups excluding carboxylic acids is 1. The van der Waals surface area contributed by atoms with Crippen LogP contribution in [-0.4, -0.2) is 12.6 Å². The lowest BCUT2D eigenvalue weighted by Crippen LogP contribution is -2.15. The number of rotatable bonds is 6. The molecule has 0 fully saturated rings. The van der Waals surface area contributed by atoms with Gasteiger partial charge in [0.2, 0.25) is 0 Å². The van der Waals surface area contributed by atoms with Crippen molar-refractivity contribution in [3.05, 3.63) is 75.9 Å². The van der Waals surface area contributed by atoms with E-state index in [2.05, 4.69) is 0 Å². The molecule has 134 valence electrons. The largest absolute Gasteiger partial charge is 0.482 e. The van der Waals surface area contributed by atoms with E-state index in [4.69, 9.17) is 13.9 Å². The van der Waals surface area contributed by atoms with Gasteiger partial charge in [-0.2, -0.15) is 0 Å². The summed E-state index contributed by atoms with van der Waals surface area (Å²) >= 11 is 0. The van der Waals surface area contributed by atoms with Gasteiger partial charge in [-0.25, -0.2) is 14.0 Å². The Kier molecular flexibility index (Phi) is 5.31. The summed E-state index contributed by atoms with van der Waals surface area (Å²) in [6.07, 6.45) is 0.819. The van der Waals surface area contributed by atoms with Crippen LogP contribution in [0.5, 0.6) is 5.75 Å². The molecule has 2 aromatic carbocycles. The molecule has 3 rings (SSSR count). The number of carbonyl (C=O) groups is 1. The van der Waals surface area contributed by atoms with E-state index in [1.165, 1.54) is 30.3 Å². The quantitative estimate of drug-likeness (QED) is 0.499. The third-order valence-electron chi connectivity index (χ3n) is 3.86. The van der Waals surface area contributed by atoms with Crippen LogP contribution in [0.4, 0.5) is 4.39 Å². The standard InChI is InChI=1S/C20H17FO5/c1-2-13-3-8-17-14(10-19(22)26-18(17)9-13)11-25-20(23)12-24-16-6-4-15(21)5-7-16/h3-10H,2,11-12H2,1H3. The van der Waals surface area contributed by atoms with Crippen LogP contribution < -0.4 is 10.4 Å². The van der Waals surface area contributed by atoms with Gasteiger partial charge in [-0.05, 0) is 42.3 Å². The van der Waals surface area contributed by atoms with E-state index in [9.17, 15) is 14.0 Å². The topological polar surface area (TPSA) is 65.7 Å². The number of halogens is 1. The second-order valence-corrected chi connectivity index (χ2v) is 5.68. The fourth-order valence-corrected chi connectivity index (χ4v) is 2.49. The summed E-state index contributed by atoms with van der Waals surface area (Å²) in [5.41, 5.74) is 1.57. The summed E-state index contributed by atoms with van der Waals surface area (Å²) in [5, 5.41) is 0.717. The molecule has 0 radical (unpaired) electrons. The van der Waals surface area contributed by atoms with Gasteiger partial charge in [0.1, 0.15) is 23.8 Å². The first-order valence-electron chi connectivity index (χ1n) is 8.15. The molecular formula is C20H17FO5. The molecule has 1 heterocycles. The maximum absolute atomic E-state index is 12.8. The monoisotopic (exact) mass is 356 g/mol. The summed E-state index contributed by atoms with van der Waals surface area (Å²) in [5.74, 6) is -0.622. The van der Waals surface area contributed by atoms with Crippen molar-refractivity contribution in [3.63, 3.8) is 0 Å². The van der Waals surface area contributed by atoms with Crippen molar-refractivity contribution in [1.29, 1.82) is 0 Å². The molecule has 26 heavy (non-hydrogen) atoms. The third-order valence-corrected chi connectivity index (χ3v) is 3.86. The summed E-state index contributed by atoms with van der Waals surface area (Å²) in [4.78, 5) is 23.6. The van der Waals surface area contributed by atoms with E-state index in [1.54, 1.807) is 6.07 Å². The van der Waals surface area contributed by atoms with Crippen LogP contribution >= 0.6 is 0 Å². The Morgan fingerprint density at radius 3 is 2.62 bits per heavy atom. The number of ether oxygens (including phenoxy) is 2. The predicted molar refractivity (Wildman–Crippen MR) is 93.6 cm³/mol. The van der Waals surface area contributed by atoms with E-state index in [1.807, 2.05) is 19.1 Å². The van der Waals surface area contributed by atoms with Crippen LogP contribution in [0.25, 0.3) is 11.0 Å². The highest BCUT2D eigenvalue weighted by atomic mass is 19.1. The minimum Gasteiger partial charge on any atom is -0.482 e. The fraction of sp³-hybridized carbons (Fsp3) is 0.200. The Balaban J connectivity index is 1.66. The Hall–Kier alpha value is -3.15. The van der Waals surface area contributed by atoms with Gasteiger partial charge >= 0.3 is 11.6 Å². The van der Waals surface area contributed by atoms with Gasteiger partial charge in [0.05, 0.1) is 0 Å². The lowest BCUT2D eigenvalue weighted by Gasteiger charge is -2.09. The molecule has 5 nitrogen and oxygen atoms in total. The number of fused-ring (bicyclic) bond motifs is 1. The molecule has 0 bridgehead atoms. The number of hydrogen-bond donors (Lipinski definition) is 0. The van der Waals surface area contributed by atoms with Gasteiger partial charge in [0.25, 0.3) is 0 Å². The van der Waals surface area contributed by atoms with E-state index in [0.717, 1.165) is 12.0 Å². The molecule has 0 atom stereocenters. The van der Waals surface area contributed by atoms with Gasteiger partial charge in [-0.3, -0.25) is 0 Å². The third kappa shape index (κ3) is 4.27. The van der Waals surface area contributed by atoms with Crippen LogP contribution in [0, 0.1) is 5.82 Å². The normalized spacial score (nSPS) is 10.7. The minimum atomic E-state index is -0.596. The lowest BCUT2D eigenvalue weighted by molar-refractivity contribution is -0.147. The summed E-state index contributed by atoms with van der Waals surface area (Å²) in [7, 11) is 0. The molecular weight excluding hydrogens is 339 g/mol. The number of hydrogen-bond acceptors (Lipinski definition) is 5. The first-order chi connectivity index (χ1) is 12.5. The van der Waals surface area contributed by atoms with Crippen molar-refractivity contribution in [2.75, 3.05) is 6.61 Å². The van der Waals surface area contributed by atoms with E-state index >= 15 is 0 Å². The molecule has 0 aliphatic heterocycles. The van der Waals surface area contributed by atoms with Crippen molar-refractivity contribution < 1.29 is 23.1 Å². The molecule has 0 aliphatic carbocycles. The number of benzene rings is 2. The Morgan fingerprint density at radius 1 is 1.12 bits per heavy atom. The Bertz CT molecular complexity index is 976. The van der Waals surface area contributed by atoms with Crippen molar-refractivity contribution in [2.24, 2.45) is 0 Å². The summed E-state index contributed by atoms with van der Waals surface area (Å²) < 4.78 is 28.4. The molecule has 0 saturated carbocycles. The average Bonchev–Trinajstić information content (AvgIpc) is 2.64. The van der Waals surface area contributed by atoms with E-state index < -0.39 is 11.6 Å². The molecule has 0 saturated heterocycles. The van der Waals surface area contributed by atoms with Gasteiger partial charge in [-0.1, -0.05) is 19.1 Å². The van der Waals surface area contributed by atoms with Crippen LogP contribution in [0.2, 0.25) is 0 Å². The predicted octanol–water partition coefficient (Wildman–Crippen LogP) is 3.62. The Labute approximate surface area is 149 Å². The van der Waals surface area contributed by atoms with Crippen LogP contribution in [0.1, 0.15) is 18.1 Å². The van der Waals surface area contributed by atoms with Crippen LogP contribution in [0.3, 0.4) is 0 Å². The molecule has 1 aromatic heterocycles. The van der Waals surface area contributed by atoms with Gasteiger partial charge in [-0.15, -0.1) is 0 Å². The van der Waals surface area contributed by atoms with Gasteiger partial charge in [0, 0.05) is 17.0 Å². The first-order valence-corrected chi connectivity index (χ1v) is 8.15. The highest BCUT2D eigenvalue weighted by molar-refractivity contribution is 5.81. The highest BCUT2D eigenvalue weighted by Crippen LogP contribution is 2.20. The Morgan fingerprint density at radius 2 is 1.88 bits per heavy atom.